The van der Waals surface area contributed by atoms with E-state index in [1.165, 1.54) is 9.17 Å². The van der Waals surface area contributed by atoms with Crippen LogP contribution in [0.2, 0.25) is 4.47 Å². The second kappa shape index (κ2) is 2.48. The molecule has 0 saturated carbocycles. The Bertz CT molecular complexity index is 281. The van der Waals surface area contributed by atoms with E-state index in [-0.39, 0.29) is 20.9 Å². The van der Waals surface area contributed by atoms with Gasteiger partial charge in [-0.2, -0.15) is 0 Å². The van der Waals surface area contributed by atoms with Crippen LogP contribution in [0.4, 0.5) is 0 Å². The van der Waals surface area contributed by atoms with Crippen molar-refractivity contribution in [2.75, 3.05) is 0 Å². The van der Waals surface area contributed by atoms with Gasteiger partial charge in [-0.15, -0.1) is 0 Å². The number of hydrogen-bond acceptors (Lipinski definition) is 1. The molecule has 0 saturated heterocycles. The average molecular weight is 262 g/mol. The Balaban J connectivity index is 2.56. The first-order valence-electron chi connectivity index (χ1n) is 3.65. The zero-order valence-corrected chi connectivity index (χ0v) is 8.70. The number of aliphatic hydroxyl groups is 1. The van der Waals surface area contributed by atoms with Crippen molar-refractivity contribution in [3.63, 3.8) is 0 Å². The second-order valence-electron chi connectivity index (χ2n) is 3.06. The van der Waals surface area contributed by atoms with Gasteiger partial charge in [-0.3, -0.25) is 0 Å². The van der Waals surface area contributed by atoms with E-state index in [4.69, 9.17) is 0 Å². The normalized spacial score (nSPS) is 28.5. The van der Waals surface area contributed by atoms with E-state index in [0.717, 1.165) is 4.47 Å². The molecule has 0 radical (unpaired) electrons. The summed E-state index contributed by atoms with van der Waals surface area (Å²) in [6, 6.07) is 8.27. The molecule has 1 N–H and O–H groups in total. The first-order chi connectivity index (χ1) is 5.20. The molecule has 0 aliphatic carbocycles. The molecule has 58 valence electrons. The van der Waals surface area contributed by atoms with E-state index >= 15 is 0 Å². The van der Waals surface area contributed by atoms with E-state index in [9.17, 15) is 5.11 Å². The molecule has 0 bridgehead atoms. The number of rotatable bonds is 0. The Kier molecular flexibility index (Phi) is 1.72. The van der Waals surface area contributed by atoms with Crippen LogP contribution in [0.3, 0.4) is 0 Å². The van der Waals surface area contributed by atoms with E-state index in [1.54, 1.807) is 0 Å². The van der Waals surface area contributed by atoms with Crippen molar-refractivity contribution in [3.8, 4) is 0 Å². The number of benzene rings is 1. The minimum atomic E-state index is -0.515. The summed E-state index contributed by atoms with van der Waals surface area (Å²) < 4.78 is 2.43. The molecule has 1 unspecified atom stereocenters. The van der Waals surface area contributed by atoms with Crippen LogP contribution in [0.1, 0.15) is 12.5 Å². The summed E-state index contributed by atoms with van der Waals surface area (Å²) in [5, 5.41) is 9.88. The molecule has 2 rings (SSSR count). The predicted octanol–water partition coefficient (Wildman–Crippen LogP) is 0.655. The zero-order valence-electron chi connectivity index (χ0n) is 6.37. The maximum absolute atomic E-state index is 9.88. The van der Waals surface area contributed by atoms with Gasteiger partial charge < -0.3 is 0 Å². The Morgan fingerprint density at radius 2 is 2.18 bits per heavy atom. The summed E-state index contributed by atoms with van der Waals surface area (Å²) in [6.45, 7) is 1.92. The molecule has 0 spiro atoms. The van der Waals surface area contributed by atoms with Gasteiger partial charge in [0.05, 0.1) is 0 Å². The Hall–Kier alpha value is -0.0304. The fraction of sp³-hybridized carbons (Fsp3) is 0.333. The Labute approximate surface area is 76.5 Å². The molecule has 1 aliphatic rings. The fourth-order valence-electron chi connectivity index (χ4n) is 1.33. The molecule has 0 amide bonds. The molecule has 1 nitrogen and oxygen atoms in total. The minimum absolute atomic E-state index is 0.0871. The summed E-state index contributed by atoms with van der Waals surface area (Å²) in [4.78, 5) is 0. The van der Waals surface area contributed by atoms with Gasteiger partial charge in [-0.1, -0.05) is 0 Å². The third-order valence-corrected chi connectivity index (χ3v) is 5.90. The Morgan fingerprint density at radius 1 is 1.45 bits per heavy atom. The monoisotopic (exact) mass is 264 g/mol. The van der Waals surface area contributed by atoms with Gasteiger partial charge in [-0.25, -0.2) is 0 Å². The number of hydrogen-bond donors (Lipinski definition) is 1. The van der Waals surface area contributed by atoms with Crippen LogP contribution in [0, 0.1) is 0 Å². The molecule has 0 fully saturated rings. The van der Waals surface area contributed by atoms with Gasteiger partial charge in [0, 0.05) is 0 Å². The molecule has 1 heterocycles. The van der Waals surface area contributed by atoms with E-state index < -0.39 is 5.60 Å². The first kappa shape index (κ1) is 7.61. The van der Waals surface area contributed by atoms with Gasteiger partial charge in [-0.05, 0) is 0 Å². The van der Waals surface area contributed by atoms with Crippen LogP contribution < -0.4 is 3.61 Å². The second-order valence-corrected chi connectivity index (χ2v) is 5.96. The third-order valence-electron chi connectivity index (χ3n) is 1.98. The summed E-state index contributed by atoms with van der Waals surface area (Å²) in [5.41, 5.74) is 0.654. The molecule has 1 atom stereocenters. The van der Waals surface area contributed by atoms with E-state index in [0.29, 0.717) is 0 Å². The topological polar surface area (TPSA) is 20.2 Å². The van der Waals surface area contributed by atoms with Gasteiger partial charge in [0.1, 0.15) is 0 Å². The van der Waals surface area contributed by atoms with Crippen molar-refractivity contribution in [2.45, 2.75) is 17.0 Å². The van der Waals surface area contributed by atoms with Crippen LogP contribution in [0.15, 0.2) is 24.3 Å². The predicted molar refractivity (Wildman–Crippen MR) is 46.2 cm³/mol. The van der Waals surface area contributed by atoms with Crippen LogP contribution in [0.25, 0.3) is 0 Å². The molecule has 11 heavy (non-hydrogen) atoms. The SMILES string of the molecule is CC1(O)C[Te]c2ccccc21. The van der Waals surface area contributed by atoms with Gasteiger partial charge in [0.15, 0.2) is 0 Å². The summed E-state index contributed by atoms with van der Waals surface area (Å²) in [7, 11) is 0. The Morgan fingerprint density at radius 3 is 2.91 bits per heavy atom. The first-order valence-corrected chi connectivity index (χ1v) is 6.46. The zero-order chi connectivity index (χ0) is 7.90. The third kappa shape index (κ3) is 1.20. The molecular formula is C9H10OTe. The standard InChI is InChI=1S/C9H10OTe/c1-9(10)6-11-8-5-3-2-4-7(8)9/h2-5,10H,6H2,1H3. The van der Waals surface area contributed by atoms with Gasteiger partial charge in [0.25, 0.3) is 0 Å². The summed E-state index contributed by atoms with van der Waals surface area (Å²) in [5.74, 6) is 0. The van der Waals surface area contributed by atoms with E-state index in [1.807, 2.05) is 19.1 Å². The maximum atomic E-state index is 9.88. The van der Waals surface area contributed by atoms with Crippen LogP contribution >= 0.6 is 0 Å². The van der Waals surface area contributed by atoms with Crippen molar-refractivity contribution in [1.29, 1.82) is 0 Å². The van der Waals surface area contributed by atoms with Crippen molar-refractivity contribution in [3.05, 3.63) is 29.8 Å². The van der Waals surface area contributed by atoms with Crippen molar-refractivity contribution < 1.29 is 5.11 Å². The average Bonchev–Trinajstić information content (AvgIpc) is 2.29. The quantitative estimate of drug-likeness (QED) is 0.681. The van der Waals surface area contributed by atoms with Crippen molar-refractivity contribution >= 4 is 24.5 Å². The van der Waals surface area contributed by atoms with Gasteiger partial charge >= 0.3 is 76.5 Å². The number of fused-ring (bicyclic) bond motifs is 1. The summed E-state index contributed by atoms with van der Waals surface area (Å²) >= 11 is -0.0871. The van der Waals surface area contributed by atoms with Crippen LogP contribution in [-0.4, -0.2) is 26.0 Å². The molecule has 1 aromatic carbocycles. The molecule has 1 aromatic rings. The van der Waals surface area contributed by atoms with Crippen LogP contribution in [0.5, 0.6) is 0 Å². The fourth-order valence-corrected chi connectivity index (χ4v) is 4.79. The molecule has 2 heteroatoms. The molecular weight excluding hydrogens is 252 g/mol. The van der Waals surface area contributed by atoms with Crippen LogP contribution in [-0.2, 0) is 5.60 Å². The van der Waals surface area contributed by atoms with Crippen molar-refractivity contribution in [2.24, 2.45) is 0 Å². The van der Waals surface area contributed by atoms with Gasteiger partial charge in [0.2, 0.25) is 0 Å². The van der Waals surface area contributed by atoms with E-state index in [2.05, 4.69) is 12.1 Å². The van der Waals surface area contributed by atoms with Crippen molar-refractivity contribution in [1.82, 2.24) is 0 Å². The molecule has 0 aromatic heterocycles. The molecule has 1 aliphatic heterocycles. The summed E-state index contributed by atoms with van der Waals surface area (Å²) in [6.07, 6.45) is 0.